The van der Waals surface area contributed by atoms with Crippen LogP contribution in [0, 0.1) is 11.3 Å². The van der Waals surface area contributed by atoms with E-state index in [1.165, 1.54) is 6.42 Å². The van der Waals surface area contributed by atoms with Gasteiger partial charge in [-0.25, -0.2) is 0 Å². The van der Waals surface area contributed by atoms with Gasteiger partial charge in [-0.1, -0.05) is 19.3 Å². The summed E-state index contributed by atoms with van der Waals surface area (Å²) < 4.78 is 0. The van der Waals surface area contributed by atoms with Crippen molar-refractivity contribution >= 4 is 17.5 Å². The molecule has 0 bridgehead atoms. The van der Waals surface area contributed by atoms with Crippen molar-refractivity contribution in [3.05, 3.63) is 29.8 Å². The second-order valence-electron chi connectivity index (χ2n) is 5.32. The summed E-state index contributed by atoms with van der Waals surface area (Å²) in [5.74, 6) is -0.568. The Hall–Kier alpha value is -2.35. The highest BCUT2D eigenvalue weighted by atomic mass is 16.2. The highest BCUT2D eigenvalue weighted by Crippen LogP contribution is 2.17. The largest absolute Gasteiger partial charge is 0.353 e. The Bertz CT molecular complexity index is 540. The summed E-state index contributed by atoms with van der Waals surface area (Å²) in [6.07, 6.45) is 5.35. The fourth-order valence-electron chi connectivity index (χ4n) is 2.50. The lowest BCUT2D eigenvalue weighted by molar-refractivity contribution is -0.127. The predicted octanol–water partition coefficient (Wildman–Crippen LogP) is 2.34. The van der Waals surface area contributed by atoms with Gasteiger partial charge in [0.2, 0.25) is 11.8 Å². The molecule has 0 radical (unpaired) electrons. The fourth-order valence-corrected chi connectivity index (χ4v) is 2.50. The lowest BCUT2D eigenvalue weighted by Gasteiger charge is -2.22. The molecule has 0 spiro atoms. The van der Waals surface area contributed by atoms with Crippen molar-refractivity contribution in [1.82, 2.24) is 5.32 Å². The lowest BCUT2D eigenvalue weighted by atomic mass is 9.95. The van der Waals surface area contributed by atoms with Gasteiger partial charge in [-0.2, -0.15) is 5.26 Å². The third-order valence-corrected chi connectivity index (χ3v) is 3.59. The molecular weight excluding hydrogens is 266 g/mol. The van der Waals surface area contributed by atoms with Gasteiger partial charge in [0, 0.05) is 11.7 Å². The van der Waals surface area contributed by atoms with Gasteiger partial charge in [-0.3, -0.25) is 9.59 Å². The second-order valence-corrected chi connectivity index (χ2v) is 5.32. The van der Waals surface area contributed by atoms with Crippen LogP contribution < -0.4 is 10.6 Å². The summed E-state index contributed by atoms with van der Waals surface area (Å²) in [6, 6.07) is 8.77. The summed E-state index contributed by atoms with van der Waals surface area (Å²) in [6.45, 7) is 0. The van der Waals surface area contributed by atoms with Gasteiger partial charge in [-0.05, 0) is 37.1 Å². The minimum Gasteiger partial charge on any atom is -0.353 e. The van der Waals surface area contributed by atoms with Crippen molar-refractivity contribution in [2.24, 2.45) is 0 Å². The van der Waals surface area contributed by atoms with Crippen molar-refractivity contribution in [3.8, 4) is 6.07 Å². The Labute approximate surface area is 124 Å². The van der Waals surface area contributed by atoms with Crippen molar-refractivity contribution < 1.29 is 9.59 Å². The third kappa shape index (κ3) is 4.92. The molecule has 0 saturated heterocycles. The Morgan fingerprint density at radius 1 is 1.10 bits per heavy atom. The van der Waals surface area contributed by atoms with E-state index in [-0.39, 0.29) is 24.3 Å². The van der Waals surface area contributed by atoms with E-state index >= 15 is 0 Å². The van der Waals surface area contributed by atoms with E-state index in [4.69, 9.17) is 5.26 Å². The Morgan fingerprint density at radius 3 is 2.38 bits per heavy atom. The molecule has 1 aliphatic carbocycles. The van der Waals surface area contributed by atoms with E-state index in [0.717, 1.165) is 25.7 Å². The molecule has 1 aromatic carbocycles. The van der Waals surface area contributed by atoms with Crippen LogP contribution in [-0.4, -0.2) is 17.9 Å². The maximum absolute atomic E-state index is 11.8. The first-order valence-electron chi connectivity index (χ1n) is 7.27. The molecule has 2 N–H and O–H groups in total. The molecule has 0 atom stereocenters. The SMILES string of the molecule is N#Cc1ccc(NC(=O)CC(=O)NC2CCCCC2)cc1. The smallest absolute Gasteiger partial charge is 0.233 e. The first kappa shape index (κ1) is 15.0. The topological polar surface area (TPSA) is 82.0 Å². The zero-order valence-electron chi connectivity index (χ0n) is 11.9. The maximum Gasteiger partial charge on any atom is 0.233 e. The van der Waals surface area contributed by atoms with Crippen molar-refractivity contribution in [2.45, 2.75) is 44.6 Å². The van der Waals surface area contributed by atoms with Gasteiger partial charge in [0.05, 0.1) is 11.6 Å². The van der Waals surface area contributed by atoms with Gasteiger partial charge in [0.1, 0.15) is 6.42 Å². The average molecular weight is 285 g/mol. The van der Waals surface area contributed by atoms with E-state index in [2.05, 4.69) is 10.6 Å². The standard InChI is InChI=1S/C16H19N3O2/c17-11-12-6-8-14(9-7-12)19-16(21)10-15(20)18-13-4-2-1-3-5-13/h6-9,13H,1-5,10H2,(H,18,20)(H,19,21). The monoisotopic (exact) mass is 285 g/mol. The van der Waals surface area contributed by atoms with E-state index in [0.29, 0.717) is 11.3 Å². The molecule has 5 nitrogen and oxygen atoms in total. The number of anilines is 1. The molecule has 1 aliphatic rings. The predicted molar refractivity (Wildman–Crippen MR) is 79.4 cm³/mol. The highest BCUT2D eigenvalue weighted by Gasteiger charge is 2.17. The molecule has 0 heterocycles. The van der Waals surface area contributed by atoms with E-state index < -0.39 is 0 Å². The molecule has 1 fully saturated rings. The molecule has 1 saturated carbocycles. The summed E-state index contributed by atoms with van der Waals surface area (Å²) in [5, 5.41) is 14.3. The van der Waals surface area contributed by atoms with Gasteiger partial charge < -0.3 is 10.6 Å². The van der Waals surface area contributed by atoms with Crippen LogP contribution in [0.5, 0.6) is 0 Å². The van der Waals surface area contributed by atoms with Gasteiger partial charge in [0.15, 0.2) is 0 Å². The van der Waals surface area contributed by atoms with Crippen LogP contribution in [0.15, 0.2) is 24.3 Å². The minimum absolute atomic E-state index is 0.170. The van der Waals surface area contributed by atoms with Gasteiger partial charge in [-0.15, -0.1) is 0 Å². The van der Waals surface area contributed by atoms with Crippen LogP contribution in [0.2, 0.25) is 0 Å². The summed E-state index contributed by atoms with van der Waals surface area (Å²) in [5.41, 5.74) is 1.12. The molecule has 110 valence electrons. The summed E-state index contributed by atoms with van der Waals surface area (Å²) >= 11 is 0. The molecule has 5 heteroatoms. The lowest BCUT2D eigenvalue weighted by Crippen LogP contribution is -2.37. The summed E-state index contributed by atoms with van der Waals surface area (Å²) in [4.78, 5) is 23.6. The molecule has 0 aromatic heterocycles. The molecular formula is C16H19N3O2. The quantitative estimate of drug-likeness (QED) is 0.833. The van der Waals surface area contributed by atoms with Crippen LogP contribution in [-0.2, 0) is 9.59 Å². The first-order valence-corrected chi connectivity index (χ1v) is 7.27. The number of nitrogens with one attached hydrogen (secondary N) is 2. The van der Waals surface area contributed by atoms with Crippen LogP contribution in [0.25, 0.3) is 0 Å². The van der Waals surface area contributed by atoms with Crippen molar-refractivity contribution in [2.75, 3.05) is 5.32 Å². The normalized spacial score (nSPS) is 15.0. The third-order valence-electron chi connectivity index (χ3n) is 3.59. The number of rotatable bonds is 4. The van der Waals surface area contributed by atoms with Gasteiger partial charge in [0.25, 0.3) is 0 Å². The van der Waals surface area contributed by atoms with Gasteiger partial charge >= 0.3 is 0 Å². The molecule has 2 amide bonds. The number of nitriles is 1. The molecule has 0 aliphatic heterocycles. The first-order chi connectivity index (χ1) is 10.2. The minimum atomic E-state index is -0.340. The fraction of sp³-hybridized carbons (Fsp3) is 0.438. The number of carbonyl (C=O) groups excluding carboxylic acids is 2. The molecule has 1 aromatic rings. The van der Waals surface area contributed by atoms with E-state index in [9.17, 15) is 9.59 Å². The second kappa shape index (κ2) is 7.44. The summed E-state index contributed by atoms with van der Waals surface area (Å²) in [7, 11) is 0. The number of nitrogens with zero attached hydrogens (tertiary/aromatic N) is 1. The number of benzene rings is 1. The molecule has 21 heavy (non-hydrogen) atoms. The Kier molecular flexibility index (Phi) is 5.33. The highest BCUT2D eigenvalue weighted by molar-refractivity contribution is 6.03. The van der Waals surface area contributed by atoms with Crippen molar-refractivity contribution in [1.29, 1.82) is 5.26 Å². The average Bonchev–Trinajstić information content (AvgIpc) is 2.48. The zero-order chi connectivity index (χ0) is 15.1. The van der Waals surface area contributed by atoms with Crippen LogP contribution >= 0.6 is 0 Å². The van der Waals surface area contributed by atoms with Crippen LogP contribution in [0.1, 0.15) is 44.1 Å². The van der Waals surface area contributed by atoms with Crippen LogP contribution in [0.4, 0.5) is 5.69 Å². The van der Waals surface area contributed by atoms with Crippen LogP contribution in [0.3, 0.4) is 0 Å². The molecule has 0 unspecified atom stereocenters. The zero-order valence-corrected chi connectivity index (χ0v) is 11.9. The number of carbonyl (C=O) groups is 2. The number of amides is 2. The Morgan fingerprint density at radius 2 is 1.76 bits per heavy atom. The van der Waals surface area contributed by atoms with E-state index in [1.54, 1.807) is 24.3 Å². The molecule has 2 rings (SSSR count). The Balaban J connectivity index is 1.77. The van der Waals surface area contributed by atoms with Crippen molar-refractivity contribution in [3.63, 3.8) is 0 Å². The van der Waals surface area contributed by atoms with E-state index in [1.807, 2.05) is 6.07 Å². The number of hydrogen-bond donors (Lipinski definition) is 2. The number of hydrogen-bond acceptors (Lipinski definition) is 3. The maximum atomic E-state index is 11.8.